The third-order valence-corrected chi connectivity index (χ3v) is 2.54. The lowest BCUT2D eigenvalue weighted by molar-refractivity contribution is -0.119. The van der Waals surface area contributed by atoms with Crippen molar-refractivity contribution in [2.75, 3.05) is 18.2 Å². The Morgan fingerprint density at radius 3 is 2.94 bits per heavy atom. The Morgan fingerprint density at radius 1 is 1.65 bits per heavy atom. The van der Waals surface area contributed by atoms with Crippen LogP contribution in [0.25, 0.3) is 0 Å². The summed E-state index contributed by atoms with van der Waals surface area (Å²) in [5.41, 5.74) is 6.19. The fourth-order valence-corrected chi connectivity index (χ4v) is 1.52. The number of amides is 1. The molecule has 0 aliphatic heterocycles. The van der Waals surface area contributed by atoms with Gasteiger partial charge in [-0.15, -0.1) is 0 Å². The molecule has 1 unspecified atom stereocenters. The van der Waals surface area contributed by atoms with E-state index in [1.807, 2.05) is 6.92 Å². The first kappa shape index (κ1) is 13.3. The highest BCUT2D eigenvalue weighted by molar-refractivity contribution is 5.92. The highest BCUT2D eigenvalue weighted by Gasteiger charge is 2.12. The molecule has 0 bridgehead atoms. The summed E-state index contributed by atoms with van der Waals surface area (Å²) in [7, 11) is 1.51. The van der Waals surface area contributed by atoms with E-state index < -0.39 is 0 Å². The molecule has 1 amide bonds. The normalized spacial score (nSPS) is 11.9. The predicted molar refractivity (Wildman–Crippen MR) is 67.9 cm³/mol. The summed E-state index contributed by atoms with van der Waals surface area (Å²) in [5, 5.41) is 2.79. The lowest BCUT2D eigenvalue weighted by Gasteiger charge is -2.12. The summed E-state index contributed by atoms with van der Waals surface area (Å²) in [6.07, 6.45) is 3.37. The molecule has 1 heterocycles. The highest BCUT2D eigenvalue weighted by Crippen LogP contribution is 2.22. The van der Waals surface area contributed by atoms with Crippen LogP contribution in [0, 0.1) is 5.92 Å². The molecule has 0 spiro atoms. The molecule has 1 aromatic rings. The second kappa shape index (κ2) is 6.08. The highest BCUT2D eigenvalue weighted by atomic mass is 16.5. The van der Waals surface area contributed by atoms with Gasteiger partial charge in [0.25, 0.3) is 0 Å². The number of aromatic nitrogens is 1. The second-order valence-corrected chi connectivity index (χ2v) is 3.99. The molecule has 0 saturated carbocycles. The Hall–Kier alpha value is -1.78. The molecule has 94 valence electrons. The fourth-order valence-electron chi connectivity index (χ4n) is 1.52. The van der Waals surface area contributed by atoms with E-state index in [9.17, 15) is 4.79 Å². The monoisotopic (exact) mass is 237 g/mol. The molecule has 0 saturated heterocycles. The lowest BCUT2D eigenvalue weighted by atomic mass is 10.1. The van der Waals surface area contributed by atoms with E-state index >= 15 is 0 Å². The van der Waals surface area contributed by atoms with Crippen LogP contribution in [0.2, 0.25) is 0 Å². The average molecular weight is 237 g/mol. The Balaban J connectivity index is 2.71. The van der Waals surface area contributed by atoms with Gasteiger partial charge in [-0.1, -0.05) is 20.3 Å². The Morgan fingerprint density at radius 2 is 2.35 bits per heavy atom. The first-order valence-corrected chi connectivity index (χ1v) is 5.68. The maximum absolute atomic E-state index is 11.8. The van der Waals surface area contributed by atoms with E-state index in [1.165, 1.54) is 13.3 Å². The van der Waals surface area contributed by atoms with Crippen molar-refractivity contribution < 1.29 is 9.53 Å². The van der Waals surface area contributed by atoms with Crippen LogP contribution in [0.5, 0.6) is 5.75 Å². The molecule has 1 rings (SSSR count). The van der Waals surface area contributed by atoms with Crippen LogP contribution in [0.1, 0.15) is 26.7 Å². The number of rotatable bonds is 5. The van der Waals surface area contributed by atoms with E-state index in [2.05, 4.69) is 17.2 Å². The SMILES string of the molecule is CCCC(C)C(=O)Nc1cnc(N)c(OC)c1. The minimum atomic E-state index is -0.0134. The molecular formula is C12H19N3O2. The summed E-state index contributed by atoms with van der Waals surface area (Å²) in [6, 6.07) is 1.67. The smallest absolute Gasteiger partial charge is 0.227 e. The van der Waals surface area contributed by atoms with Crippen LogP contribution in [0.3, 0.4) is 0 Å². The van der Waals surface area contributed by atoms with Crippen molar-refractivity contribution in [3.8, 4) is 5.75 Å². The van der Waals surface area contributed by atoms with Crippen molar-refractivity contribution >= 4 is 17.4 Å². The van der Waals surface area contributed by atoms with Gasteiger partial charge >= 0.3 is 0 Å². The maximum Gasteiger partial charge on any atom is 0.227 e. The molecule has 1 aromatic heterocycles. The van der Waals surface area contributed by atoms with Crippen molar-refractivity contribution in [1.29, 1.82) is 0 Å². The Labute approximate surface area is 101 Å². The van der Waals surface area contributed by atoms with E-state index in [4.69, 9.17) is 10.5 Å². The standard InChI is InChI=1S/C12H19N3O2/c1-4-5-8(2)12(16)15-9-6-10(17-3)11(13)14-7-9/h6-8H,4-5H2,1-3H3,(H2,13,14)(H,15,16). The van der Waals surface area contributed by atoms with E-state index in [1.54, 1.807) is 6.07 Å². The quantitative estimate of drug-likeness (QED) is 0.821. The van der Waals surface area contributed by atoms with Gasteiger partial charge in [-0.3, -0.25) is 4.79 Å². The van der Waals surface area contributed by atoms with E-state index in [-0.39, 0.29) is 11.8 Å². The third kappa shape index (κ3) is 3.62. The number of carbonyl (C=O) groups excluding carboxylic acids is 1. The number of hydrogen-bond acceptors (Lipinski definition) is 4. The van der Waals surface area contributed by atoms with Crippen LogP contribution >= 0.6 is 0 Å². The zero-order valence-corrected chi connectivity index (χ0v) is 10.5. The summed E-state index contributed by atoms with van der Waals surface area (Å²) in [4.78, 5) is 15.7. The van der Waals surface area contributed by atoms with Gasteiger partial charge in [-0.2, -0.15) is 0 Å². The number of hydrogen-bond donors (Lipinski definition) is 2. The van der Waals surface area contributed by atoms with Crippen molar-refractivity contribution in [3.05, 3.63) is 12.3 Å². The molecule has 0 fully saturated rings. The van der Waals surface area contributed by atoms with Gasteiger partial charge in [0.05, 0.1) is 19.0 Å². The molecule has 0 aliphatic carbocycles. The van der Waals surface area contributed by atoms with E-state index in [0.29, 0.717) is 17.3 Å². The topological polar surface area (TPSA) is 77.2 Å². The molecule has 3 N–H and O–H groups in total. The van der Waals surface area contributed by atoms with Crippen LogP contribution in [0.15, 0.2) is 12.3 Å². The van der Waals surface area contributed by atoms with Gasteiger partial charge < -0.3 is 15.8 Å². The van der Waals surface area contributed by atoms with Crippen molar-refractivity contribution in [2.45, 2.75) is 26.7 Å². The molecule has 1 atom stereocenters. The summed E-state index contributed by atoms with van der Waals surface area (Å²) in [5.74, 6) is 0.752. The van der Waals surface area contributed by atoms with Gasteiger partial charge in [0.1, 0.15) is 0 Å². The minimum Gasteiger partial charge on any atom is -0.493 e. The number of carbonyl (C=O) groups is 1. The number of nitrogens with two attached hydrogens (primary N) is 1. The second-order valence-electron chi connectivity index (χ2n) is 3.99. The van der Waals surface area contributed by atoms with Crippen LogP contribution in [-0.4, -0.2) is 18.0 Å². The molecule has 0 aromatic carbocycles. The molecule has 17 heavy (non-hydrogen) atoms. The molecule has 5 heteroatoms. The van der Waals surface area contributed by atoms with Crippen LogP contribution in [-0.2, 0) is 4.79 Å². The largest absolute Gasteiger partial charge is 0.493 e. The minimum absolute atomic E-state index is 0.0106. The van der Waals surface area contributed by atoms with Gasteiger partial charge in [0.2, 0.25) is 5.91 Å². The zero-order valence-electron chi connectivity index (χ0n) is 10.5. The van der Waals surface area contributed by atoms with Gasteiger partial charge in [-0.25, -0.2) is 4.98 Å². The molecular weight excluding hydrogens is 218 g/mol. The van der Waals surface area contributed by atoms with Gasteiger partial charge in [0, 0.05) is 12.0 Å². The van der Waals surface area contributed by atoms with E-state index in [0.717, 1.165) is 12.8 Å². The predicted octanol–water partition coefficient (Wildman–Crippen LogP) is 2.05. The van der Waals surface area contributed by atoms with Gasteiger partial charge in [0.15, 0.2) is 11.6 Å². The summed E-state index contributed by atoms with van der Waals surface area (Å²) < 4.78 is 5.04. The Kier molecular flexibility index (Phi) is 4.75. The number of methoxy groups -OCH3 is 1. The van der Waals surface area contributed by atoms with Gasteiger partial charge in [-0.05, 0) is 6.42 Å². The first-order chi connectivity index (χ1) is 8.08. The number of nitrogens with zero attached hydrogens (tertiary/aromatic N) is 1. The molecule has 0 radical (unpaired) electrons. The Bertz CT molecular complexity index is 393. The molecule has 5 nitrogen and oxygen atoms in total. The van der Waals surface area contributed by atoms with Crippen LogP contribution < -0.4 is 15.8 Å². The average Bonchev–Trinajstić information content (AvgIpc) is 2.31. The first-order valence-electron chi connectivity index (χ1n) is 5.68. The number of ether oxygens (including phenoxy) is 1. The van der Waals surface area contributed by atoms with Crippen molar-refractivity contribution in [3.63, 3.8) is 0 Å². The van der Waals surface area contributed by atoms with Crippen molar-refractivity contribution in [2.24, 2.45) is 5.92 Å². The number of pyridine rings is 1. The number of nitrogens with one attached hydrogen (secondary N) is 1. The summed E-state index contributed by atoms with van der Waals surface area (Å²) in [6.45, 7) is 3.96. The summed E-state index contributed by atoms with van der Waals surface area (Å²) >= 11 is 0. The number of anilines is 2. The zero-order chi connectivity index (χ0) is 12.8. The maximum atomic E-state index is 11.8. The van der Waals surface area contributed by atoms with Crippen molar-refractivity contribution in [1.82, 2.24) is 4.98 Å². The lowest BCUT2D eigenvalue weighted by Crippen LogP contribution is -2.20. The number of nitrogen functional groups attached to an aromatic ring is 1. The third-order valence-electron chi connectivity index (χ3n) is 2.54. The fraction of sp³-hybridized carbons (Fsp3) is 0.500. The van der Waals surface area contributed by atoms with Crippen LogP contribution in [0.4, 0.5) is 11.5 Å². The molecule has 0 aliphatic rings.